The second kappa shape index (κ2) is 5.01. The highest BCUT2D eigenvalue weighted by atomic mass is 35.5. The van der Waals surface area contributed by atoms with E-state index in [4.69, 9.17) is 11.6 Å². The fraction of sp³-hybridized carbons (Fsp3) is 0.308. The molecule has 19 heavy (non-hydrogen) atoms. The predicted molar refractivity (Wildman–Crippen MR) is 75.8 cm³/mol. The molecule has 1 aromatic carbocycles. The van der Waals surface area contributed by atoms with Gasteiger partial charge in [-0.05, 0) is 32.0 Å². The number of nitrogens with zero attached hydrogens (tertiary/aromatic N) is 3. The summed E-state index contributed by atoms with van der Waals surface area (Å²) in [5.41, 5.74) is 1.54. The normalized spacial score (nSPS) is 12.4. The topological polar surface area (TPSA) is 61.0 Å². The van der Waals surface area contributed by atoms with E-state index in [-0.39, 0.29) is 11.7 Å². The van der Waals surface area contributed by atoms with Crippen LogP contribution >= 0.6 is 11.6 Å². The van der Waals surface area contributed by atoms with Gasteiger partial charge in [0.15, 0.2) is 0 Å². The molecule has 0 N–H and O–H groups in total. The summed E-state index contributed by atoms with van der Waals surface area (Å²) in [6.45, 7) is 5.47. The molecule has 2 rings (SSSR count). The number of fused-ring (bicyclic) bond motifs is 1. The van der Waals surface area contributed by atoms with Crippen molar-refractivity contribution in [3.05, 3.63) is 44.7 Å². The van der Waals surface area contributed by atoms with E-state index >= 15 is 0 Å². The second-order valence-electron chi connectivity index (χ2n) is 4.63. The molecule has 0 spiro atoms. The molecule has 2 aromatic rings. The van der Waals surface area contributed by atoms with Crippen LogP contribution in [0.1, 0.15) is 32.5 Å². The summed E-state index contributed by atoms with van der Waals surface area (Å²) in [6.07, 6.45) is 1.47. The molecular weight excluding hydrogens is 266 g/mol. The van der Waals surface area contributed by atoms with Gasteiger partial charge in [0.25, 0.3) is 0 Å². The Morgan fingerprint density at radius 1 is 1.53 bits per heavy atom. The monoisotopic (exact) mass is 279 g/mol. The lowest BCUT2D eigenvalue weighted by atomic mass is 10.2. The van der Waals surface area contributed by atoms with E-state index in [1.165, 1.54) is 13.0 Å². The molecule has 1 heterocycles. The molecule has 100 valence electrons. The molecule has 0 atom stereocenters. The van der Waals surface area contributed by atoms with Gasteiger partial charge < -0.3 is 0 Å². The average Bonchev–Trinajstić information content (AvgIpc) is 2.67. The van der Waals surface area contributed by atoms with Gasteiger partial charge in [0.05, 0.1) is 16.1 Å². The third-order valence-electron chi connectivity index (χ3n) is 2.82. The van der Waals surface area contributed by atoms with Crippen molar-refractivity contribution in [1.82, 2.24) is 9.78 Å². The lowest BCUT2D eigenvalue weighted by molar-refractivity contribution is -0.422. The minimum Gasteiger partial charge on any atom is -0.262 e. The van der Waals surface area contributed by atoms with Crippen LogP contribution in [0.15, 0.2) is 23.9 Å². The molecule has 0 bridgehead atoms. The summed E-state index contributed by atoms with van der Waals surface area (Å²) in [5.74, 6) is 0. The van der Waals surface area contributed by atoms with E-state index in [0.29, 0.717) is 10.7 Å². The van der Waals surface area contributed by atoms with Crippen molar-refractivity contribution in [1.29, 1.82) is 0 Å². The molecule has 0 saturated heterocycles. The fourth-order valence-corrected chi connectivity index (χ4v) is 2.06. The molecule has 0 fully saturated rings. The number of halogens is 1. The van der Waals surface area contributed by atoms with Gasteiger partial charge in [-0.2, -0.15) is 5.10 Å². The van der Waals surface area contributed by atoms with Crippen molar-refractivity contribution < 1.29 is 4.92 Å². The Labute approximate surface area is 115 Å². The number of rotatable bonds is 3. The molecule has 0 aliphatic rings. The number of hydrogen-bond acceptors (Lipinski definition) is 3. The van der Waals surface area contributed by atoms with Crippen LogP contribution in [0.25, 0.3) is 17.0 Å². The number of hydrogen-bond donors (Lipinski definition) is 0. The summed E-state index contributed by atoms with van der Waals surface area (Å²) in [4.78, 5) is 10.3. The Kier molecular flexibility index (Phi) is 3.57. The molecular formula is C13H14ClN3O2. The Morgan fingerprint density at radius 3 is 2.79 bits per heavy atom. The first-order valence-electron chi connectivity index (χ1n) is 5.90. The van der Waals surface area contributed by atoms with Gasteiger partial charge in [-0.25, -0.2) is 0 Å². The summed E-state index contributed by atoms with van der Waals surface area (Å²) in [5, 5.41) is 16.6. The van der Waals surface area contributed by atoms with Crippen LogP contribution < -0.4 is 0 Å². The maximum atomic E-state index is 10.7. The van der Waals surface area contributed by atoms with Crippen molar-refractivity contribution in [3.63, 3.8) is 0 Å². The van der Waals surface area contributed by atoms with E-state index < -0.39 is 4.92 Å². The maximum absolute atomic E-state index is 10.7. The van der Waals surface area contributed by atoms with Crippen LogP contribution in [0.4, 0.5) is 0 Å². The minimum absolute atomic E-state index is 0.0512. The third-order valence-corrected chi connectivity index (χ3v) is 3.05. The van der Waals surface area contributed by atoms with Gasteiger partial charge in [0, 0.05) is 29.5 Å². The smallest absolute Gasteiger partial charge is 0.245 e. The third kappa shape index (κ3) is 2.61. The zero-order chi connectivity index (χ0) is 14.2. The fourth-order valence-electron chi connectivity index (χ4n) is 1.89. The van der Waals surface area contributed by atoms with E-state index in [0.717, 1.165) is 10.9 Å². The van der Waals surface area contributed by atoms with Crippen LogP contribution in [0.3, 0.4) is 0 Å². The van der Waals surface area contributed by atoms with Crippen molar-refractivity contribution >= 4 is 28.6 Å². The van der Waals surface area contributed by atoms with Crippen LogP contribution in [-0.4, -0.2) is 14.7 Å². The van der Waals surface area contributed by atoms with Gasteiger partial charge in [0.1, 0.15) is 0 Å². The Balaban J connectivity index is 2.70. The minimum atomic E-state index is -0.426. The maximum Gasteiger partial charge on any atom is 0.245 e. The average molecular weight is 280 g/mol. The molecule has 0 radical (unpaired) electrons. The molecule has 0 aliphatic carbocycles. The zero-order valence-corrected chi connectivity index (χ0v) is 11.7. The largest absolute Gasteiger partial charge is 0.262 e. The molecule has 1 aromatic heterocycles. The van der Waals surface area contributed by atoms with E-state index in [9.17, 15) is 10.1 Å². The molecule has 0 aliphatic heterocycles. The van der Waals surface area contributed by atoms with E-state index in [2.05, 4.69) is 5.10 Å². The molecule has 0 amide bonds. The van der Waals surface area contributed by atoms with Crippen LogP contribution in [-0.2, 0) is 0 Å². The summed E-state index contributed by atoms with van der Waals surface area (Å²) < 4.78 is 1.84. The Morgan fingerprint density at radius 2 is 2.21 bits per heavy atom. The first kappa shape index (κ1) is 13.5. The van der Waals surface area contributed by atoms with Crippen molar-refractivity contribution in [2.75, 3.05) is 0 Å². The zero-order valence-electron chi connectivity index (χ0n) is 10.9. The number of allylic oxidation sites excluding steroid dienone is 1. The van der Waals surface area contributed by atoms with Gasteiger partial charge in [-0.3, -0.25) is 14.8 Å². The van der Waals surface area contributed by atoms with Crippen LogP contribution in [0, 0.1) is 10.1 Å². The molecule has 5 nitrogen and oxygen atoms in total. The van der Waals surface area contributed by atoms with E-state index in [1.54, 1.807) is 12.1 Å². The number of benzene rings is 1. The number of nitro groups is 1. The second-order valence-corrected chi connectivity index (χ2v) is 5.06. The lowest BCUT2D eigenvalue weighted by Gasteiger charge is -2.06. The van der Waals surface area contributed by atoms with Crippen LogP contribution in [0.2, 0.25) is 5.02 Å². The highest BCUT2D eigenvalue weighted by molar-refractivity contribution is 6.31. The van der Waals surface area contributed by atoms with Gasteiger partial charge >= 0.3 is 0 Å². The quantitative estimate of drug-likeness (QED) is 0.632. The van der Waals surface area contributed by atoms with Crippen molar-refractivity contribution in [2.24, 2.45) is 0 Å². The highest BCUT2D eigenvalue weighted by Gasteiger charge is 2.13. The summed E-state index contributed by atoms with van der Waals surface area (Å²) in [6, 6.07) is 5.62. The van der Waals surface area contributed by atoms with Crippen molar-refractivity contribution in [2.45, 2.75) is 26.8 Å². The van der Waals surface area contributed by atoms with Crippen molar-refractivity contribution in [3.8, 4) is 0 Å². The summed E-state index contributed by atoms with van der Waals surface area (Å²) >= 11 is 5.99. The van der Waals surface area contributed by atoms with Gasteiger partial charge in [-0.1, -0.05) is 11.6 Å². The highest BCUT2D eigenvalue weighted by Crippen LogP contribution is 2.26. The first-order chi connectivity index (χ1) is 8.90. The predicted octanol–water partition coefficient (Wildman–Crippen LogP) is 3.91. The number of aromatic nitrogens is 2. The Bertz CT molecular complexity index is 674. The lowest BCUT2D eigenvalue weighted by Crippen LogP contribution is -2.02. The standard InChI is InChI=1S/C13H14ClN3O2/c1-8(2)16-13-5-4-10(14)7-11(13)12(15-16)6-9(3)17(18)19/h4-8H,1-3H3/b9-6+. The first-order valence-corrected chi connectivity index (χ1v) is 6.28. The molecule has 0 unspecified atom stereocenters. The Hall–Kier alpha value is -1.88. The van der Waals surface area contributed by atoms with Gasteiger partial charge in [0.2, 0.25) is 5.70 Å². The van der Waals surface area contributed by atoms with E-state index in [1.807, 2.05) is 24.6 Å². The van der Waals surface area contributed by atoms with Gasteiger partial charge in [-0.15, -0.1) is 0 Å². The van der Waals surface area contributed by atoms with Crippen LogP contribution in [0.5, 0.6) is 0 Å². The molecule has 6 heteroatoms. The SMILES string of the molecule is C/C(=C\c1nn(C(C)C)c2ccc(Cl)cc12)[N+](=O)[O-]. The molecule has 0 saturated carbocycles. The summed E-state index contributed by atoms with van der Waals surface area (Å²) in [7, 11) is 0.